The molecule has 1 aliphatic heterocycles. The van der Waals surface area contributed by atoms with E-state index in [1.54, 1.807) is 0 Å². The van der Waals surface area contributed by atoms with Crippen LogP contribution in [0.4, 0.5) is 0 Å². The van der Waals surface area contributed by atoms with Crippen LogP contribution in [0.15, 0.2) is 54.9 Å². The third kappa shape index (κ3) is 3.29. The van der Waals surface area contributed by atoms with Gasteiger partial charge in [0.05, 0.1) is 11.7 Å². The number of amides is 1. The van der Waals surface area contributed by atoms with Gasteiger partial charge in [-0.3, -0.25) is 9.78 Å². The molecule has 0 saturated carbocycles. The van der Waals surface area contributed by atoms with Gasteiger partial charge in [-0.15, -0.1) is 0 Å². The quantitative estimate of drug-likeness (QED) is 0.759. The Bertz CT molecular complexity index is 856. The predicted octanol–water partition coefficient (Wildman–Crippen LogP) is 4.25. The lowest BCUT2D eigenvalue weighted by atomic mass is 10.1. The number of pyridine rings is 1. The Balaban J connectivity index is 1.37. The number of hydrogen-bond acceptors (Lipinski definition) is 2. The number of aromatic nitrogens is 2. The van der Waals surface area contributed by atoms with Gasteiger partial charge in [-0.05, 0) is 49.4 Å². The van der Waals surface area contributed by atoms with Gasteiger partial charge in [0.15, 0.2) is 0 Å². The summed E-state index contributed by atoms with van der Waals surface area (Å²) in [6.45, 7) is 0.854. The van der Waals surface area contributed by atoms with Crippen molar-refractivity contribution in [3.63, 3.8) is 0 Å². The van der Waals surface area contributed by atoms with Crippen LogP contribution in [0.1, 0.15) is 43.0 Å². The SMILES string of the molecule is O=C(CCCc1c[nH]c2ccccc12)N1CCCC1c1ccccn1. The lowest BCUT2D eigenvalue weighted by Gasteiger charge is -2.24. The average molecular weight is 333 g/mol. The third-order valence-electron chi connectivity index (χ3n) is 5.11. The van der Waals surface area contributed by atoms with Crippen LogP contribution < -0.4 is 0 Å². The molecule has 0 spiro atoms. The molecule has 1 unspecified atom stereocenters. The summed E-state index contributed by atoms with van der Waals surface area (Å²) >= 11 is 0. The van der Waals surface area contributed by atoms with Crippen LogP contribution in [-0.4, -0.2) is 27.3 Å². The van der Waals surface area contributed by atoms with Crippen molar-refractivity contribution in [2.24, 2.45) is 0 Å². The van der Waals surface area contributed by atoms with Crippen molar-refractivity contribution in [1.82, 2.24) is 14.9 Å². The van der Waals surface area contributed by atoms with E-state index < -0.39 is 0 Å². The van der Waals surface area contributed by atoms with E-state index in [0.717, 1.165) is 37.9 Å². The molecule has 1 aliphatic rings. The summed E-state index contributed by atoms with van der Waals surface area (Å²) in [5, 5.41) is 1.27. The molecule has 1 amide bonds. The molecule has 0 aliphatic carbocycles. The number of hydrogen-bond donors (Lipinski definition) is 1. The van der Waals surface area contributed by atoms with E-state index in [4.69, 9.17) is 0 Å². The number of rotatable bonds is 5. The maximum Gasteiger partial charge on any atom is 0.223 e. The van der Waals surface area contributed by atoms with Crippen LogP contribution in [0.2, 0.25) is 0 Å². The molecule has 1 aromatic carbocycles. The van der Waals surface area contributed by atoms with E-state index in [2.05, 4.69) is 34.4 Å². The second-order valence-electron chi connectivity index (χ2n) is 6.71. The number of H-pyrrole nitrogens is 1. The van der Waals surface area contributed by atoms with Gasteiger partial charge in [0.25, 0.3) is 0 Å². The number of aryl methyl sites for hydroxylation is 1. The van der Waals surface area contributed by atoms with Crippen molar-refractivity contribution >= 4 is 16.8 Å². The van der Waals surface area contributed by atoms with Gasteiger partial charge in [-0.1, -0.05) is 24.3 Å². The smallest absolute Gasteiger partial charge is 0.223 e. The molecule has 25 heavy (non-hydrogen) atoms. The van der Waals surface area contributed by atoms with Crippen molar-refractivity contribution in [2.75, 3.05) is 6.54 Å². The summed E-state index contributed by atoms with van der Waals surface area (Å²) in [5.41, 5.74) is 3.48. The molecule has 3 heterocycles. The van der Waals surface area contributed by atoms with Gasteiger partial charge >= 0.3 is 0 Å². The van der Waals surface area contributed by atoms with Crippen molar-refractivity contribution < 1.29 is 4.79 Å². The Morgan fingerprint density at radius 3 is 2.96 bits per heavy atom. The molecular formula is C21H23N3O. The van der Waals surface area contributed by atoms with Crippen LogP contribution in [0.5, 0.6) is 0 Å². The highest BCUT2D eigenvalue weighted by Crippen LogP contribution is 2.31. The molecule has 4 rings (SSSR count). The first kappa shape index (κ1) is 15.9. The van der Waals surface area contributed by atoms with Crippen LogP contribution in [0.25, 0.3) is 10.9 Å². The maximum atomic E-state index is 12.7. The van der Waals surface area contributed by atoms with Crippen LogP contribution in [0.3, 0.4) is 0 Å². The Morgan fingerprint density at radius 1 is 1.20 bits per heavy atom. The molecule has 0 radical (unpaired) electrons. The van der Waals surface area contributed by atoms with E-state index in [1.165, 1.54) is 16.5 Å². The largest absolute Gasteiger partial charge is 0.361 e. The minimum Gasteiger partial charge on any atom is -0.361 e. The first-order valence-electron chi connectivity index (χ1n) is 9.08. The summed E-state index contributed by atoms with van der Waals surface area (Å²) < 4.78 is 0. The van der Waals surface area contributed by atoms with Crippen LogP contribution >= 0.6 is 0 Å². The van der Waals surface area contributed by atoms with Gasteiger partial charge in [0, 0.05) is 36.3 Å². The highest BCUT2D eigenvalue weighted by atomic mass is 16.2. The Labute approximate surface area is 147 Å². The number of benzene rings is 1. The van der Waals surface area contributed by atoms with Gasteiger partial charge in [0.2, 0.25) is 5.91 Å². The minimum atomic E-state index is 0.154. The van der Waals surface area contributed by atoms with E-state index in [1.807, 2.05) is 35.4 Å². The summed E-state index contributed by atoms with van der Waals surface area (Å²) in [5.74, 6) is 0.257. The molecular weight excluding hydrogens is 310 g/mol. The summed E-state index contributed by atoms with van der Waals surface area (Å²) in [4.78, 5) is 22.5. The lowest BCUT2D eigenvalue weighted by molar-refractivity contribution is -0.132. The van der Waals surface area contributed by atoms with E-state index in [-0.39, 0.29) is 11.9 Å². The van der Waals surface area contributed by atoms with Crippen molar-refractivity contribution in [2.45, 2.75) is 38.1 Å². The molecule has 1 fully saturated rings. The molecule has 1 atom stereocenters. The maximum absolute atomic E-state index is 12.7. The molecule has 128 valence electrons. The first-order chi connectivity index (χ1) is 12.3. The molecule has 2 aromatic heterocycles. The fourth-order valence-electron chi connectivity index (χ4n) is 3.86. The minimum absolute atomic E-state index is 0.154. The van der Waals surface area contributed by atoms with Gasteiger partial charge in [0.1, 0.15) is 0 Å². The number of nitrogens with zero attached hydrogens (tertiary/aromatic N) is 2. The Morgan fingerprint density at radius 2 is 2.08 bits per heavy atom. The zero-order chi connectivity index (χ0) is 17.1. The zero-order valence-electron chi connectivity index (χ0n) is 14.3. The fraction of sp³-hybridized carbons (Fsp3) is 0.333. The van der Waals surface area contributed by atoms with E-state index in [0.29, 0.717) is 6.42 Å². The normalized spacial score (nSPS) is 17.3. The molecule has 4 nitrogen and oxygen atoms in total. The van der Waals surface area contributed by atoms with E-state index in [9.17, 15) is 4.79 Å². The van der Waals surface area contributed by atoms with Gasteiger partial charge in [-0.25, -0.2) is 0 Å². The monoisotopic (exact) mass is 333 g/mol. The lowest BCUT2D eigenvalue weighted by Crippen LogP contribution is -2.30. The molecule has 1 saturated heterocycles. The zero-order valence-corrected chi connectivity index (χ0v) is 14.3. The third-order valence-corrected chi connectivity index (χ3v) is 5.11. The van der Waals surface area contributed by atoms with Crippen molar-refractivity contribution in [3.8, 4) is 0 Å². The highest BCUT2D eigenvalue weighted by molar-refractivity contribution is 5.83. The molecule has 0 bridgehead atoms. The Hall–Kier alpha value is -2.62. The highest BCUT2D eigenvalue weighted by Gasteiger charge is 2.30. The fourth-order valence-corrected chi connectivity index (χ4v) is 3.86. The van der Waals surface area contributed by atoms with Crippen molar-refractivity contribution in [3.05, 3.63) is 66.1 Å². The number of para-hydroxylation sites is 1. The summed E-state index contributed by atoms with van der Waals surface area (Å²) in [7, 11) is 0. The number of carbonyl (C=O) groups is 1. The topological polar surface area (TPSA) is 49.0 Å². The molecule has 3 aromatic rings. The van der Waals surface area contributed by atoms with Gasteiger partial charge < -0.3 is 9.88 Å². The number of nitrogens with one attached hydrogen (secondary N) is 1. The van der Waals surface area contributed by atoms with Crippen LogP contribution in [0, 0.1) is 0 Å². The summed E-state index contributed by atoms with van der Waals surface area (Å²) in [6, 6.07) is 14.4. The second kappa shape index (κ2) is 7.09. The number of fused-ring (bicyclic) bond motifs is 1. The molecule has 4 heteroatoms. The predicted molar refractivity (Wildman–Crippen MR) is 99.2 cm³/mol. The number of likely N-dealkylation sites (tertiary alicyclic amines) is 1. The Kier molecular flexibility index (Phi) is 4.51. The number of aromatic amines is 1. The van der Waals surface area contributed by atoms with Crippen LogP contribution in [-0.2, 0) is 11.2 Å². The second-order valence-corrected chi connectivity index (χ2v) is 6.71. The standard InChI is InChI=1S/C21H23N3O/c25-21(24-14-6-11-20(24)19-10-3-4-13-22-19)12-5-7-16-15-23-18-9-2-1-8-17(16)18/h1-4,8-10,13,15,20,23H,5-7,11-12,14H2. The summed E-state index contributed by atoms with van der Waals surface area (Å²) in [6.07, 6.45) is 8.38. The first-order valence-corrected chi connectivity index (χ1v) is 9.08. The van der Waals surface area contributed by atoms with Gasteiger partial charge in [-0.2, -0.15) is 0 Å². The van der Waals surface area contributed by atoms with Crippen molar-refractivity contribution in [1.29, 1.82) is 0 Å². The van der Waals surface area contributed by atoms with E-state index >= 15 is 0 Å². The average Bonchev–Trinajstić information content (AvgIpc) is 3.30. The number of carbonyl (C=O) groups excluding carboxylic acids is 1. The molecule has 1 N–H and O–H groups in total.